The summed E-state index contributed by atoms with van der Waals surface area (Å²) in [6.45, 7) is 2.29. The second-order valence-electron chi connectivity index (χ2n) is 5.58. The van der Waals surface area contributed by atoms with E-state index in [1.54, 1.807) is 12.1 Å². The summed E-state index contributed by atoms with van der Waals surface area (Å²) in [4.78, 5) is 0. The fourth-order valence-corrected chi connectivity index (χ4v) is 3.11. The van der Waals surface area contributed by atoms with Crippen molar-refractivity contribution in [3.05, 3.63) is 34.6 Å². The molecular formula is C16H22ClF. The van der Waals surface area contributed by atoms with Gasteiger partial charge in [-0.05, 0) is 42.4 Å². The van der Waals surface area contributed by atoms with Gasteiger partial charge in [0.05, 0.1) is 5.02 Å². The van der Waals surface area contributed by atoms with E-state index in [-0.39, 0.29) is 10.8 Å². The van der Waals surface area contributed by atoms with E-state index >= 15 is 0 Å². The van der Waals surface area contributed by atoms with Crippen LogP contribution in [0.1, 0.15) is 51.0 Å². The Hall–Kier alpha value is -0.560. The Morgan fingerprint density at radius 2 is 1.83 bits per heavy atom. The maximum absolute atomic E-state index is 13.3. The lowest BCUT2D eigenvalue weighted by Crippen LogP contribution is -2.14. The van der Waals surface area contributed by atoms with Crippen molar-refractivity contribution in [2.24, 2.45) is 11.8 Å². The minimum absolute atomic E-state index is 0.224. The van der Waals surface area contributed by atoms with Gasteiger partial charge in [0.2, 0.25) is 0 Å². The smallest absolute Gasteiger partial charge is 0.142 e. The molecule has 1 aliphatic rings. The van der Waals surface area contributed by atoms with Gasteiger partial charge in [-0.2, -0.15) is 0 Å². The first kappa shape index (κ1) is 13.9. The average molecular weight is 269 g/mol. The predicted molar refractivity (Wildman–Crippen MR) is 75.5 cm³/mol. The van der Waals surface area contributed by atoms with Crippen LogP contribution in [0.4, 0.5) is 4.39 Å². The van der Waals surface area contributed by atoms with Gasteiger partial charge in [0.15, 0.2) is 0 Å². The third-order valence-electron chi connectivity index (χ3n) is 4.37. The lowest BCUT2D eigenvalue weighted by molar-refractivity contribution is 0.259. The molecular weight excluding hydrogens is 247 g/mol. The van der Waals surface area contributed by atoms with Crippen LogP contribution >= 0.6 is 11.6 Å². The quantitative estimate of drug-likeness (QED) is 0.664. The monoisotopic (exact) mass is 268 g/mol. The SMILES string of the molecule is CC[C@H]1CC[C@H](CCc2ccc(Cl)c(F)c2)CC1. The summed E-state index contributed by atoms with van der Waals surface area (Å²) < 4.78 is 13.3. The normalized spacial score (nSPS) is 24.2. The van der Waals surface area contributed by atoms with Crippen LogP contribution in [0, 0.1) is 17.7 Å². The maximum atomic E-state index is 13.3. The summed E-state index contributed by atoms with van der Waals surface area (Å²) in [6.07, 6.45) is 8.98. The molecule has 2 heteroatoms. The second kappa shape index (κ2) is 6.56. The van der Waals surface area contributed by atoms with Gasteiger partial charge in [-0.1, -0.05) is 56.7 Å². The molecule has 0 saturated heterocycles. The van der Waals surface area contributed by atoms with Gasteiger partial charge < -0.3 is 0 Å². The van der Waals surface area contributed by atoms with E-state index in [2.05, 4.69) is 6.92 Å². The molecule has 0 unspecified atom stereocenters. The molecule has 1 saturated carbocycles. The van der Waals surface area contributed by atoms with Crippen LogP contribution in [0.25, 0.3) is 0 Å². The van der Waals surface area contributed by atoms with Crippen molar-refractivity contribution < 1.29 is 4.39 Å². The third kappa shape index (κ3) is 3.71. The number of hydrogen-bond acceptors (Lipinski definition) is 0. The van der Waals surface area contributed by atoms with E-state index in [1.807, 2.05) is 6.07 Å². The molecule has 0 heterocycles. The Labute approximate surface area is 115 Å². The van der Waals surface area contributed by atoms with Gasteiger partial charge in [0.25, 0.3) is 0 Å². The molecule has 0 radical (unpaired) electrons. The zero-order chi connectivity index (χ0) is 13.0. The Morgan fingerprint density at radius 1 is 1.17 bits per heavy atom. The molecule has 1 aliphatic carbocycles. The minimum atomic E-state index is -0.288. The van der Waals surface area contributed by atoms with Crippen molar-refractivity contribution in [2.75, 3.05) is 0 Å². The summed E-state index contributed by atoms with van der Waals surface area (Å²) >= 11 is 5.69. The summed E-state index contributed by atoms with van der Waals surface area (Å²) in [7, 11) is 0. The highest BCUT2D eigenvalue weighted by atomic mass is 35.5. The van der Waals surface area contributed by atoms with E-state index in [1.165, 1.54) is 38.5 Å². The van der Waals surface area contributed by atoms with Crippen LogP contribution in [0.3, 0.4) is 0 Å². The van der Waals surface area contributed by atoms with Crippen molar-refractivity contribution in [1.29, 1.82) is 0 Å². The van der Waals surface area contributed by atoms with Gasteiger partial charge in [-0.3, -0.25) is 0 Å². The molecule has 0 aromatic heterocycles. The third-order valence-corrected chi connectivity index (χ3v) is 4.68. The maximum Gasteiger partial charge on any atom is 0.142 e. The molecule has 100 valence electrons. The lowest BCUT2D eigenvalue weighted by Gasteiger charge is -2.27. The van der Waals surface area contributed by atoms with Crippen LogP contribution in [-0.2, 0) is 6.42 Å². The zero-order valence-corrected chi connectivity index (χ0v) is 11.8. The Bertz CT molecular complexity index is 381. The molecule has 0 atom stereocenters. The molecule has 1 fully saturated rings. The second-order valence-corrected chi connectivity index (χ2v) is 5.99. The van der Waals surface area contributed by atoms with Gasteiger partial charge in [-0.15, -0.1) is 0 Å². The Balaban J connectivity index is 1.79. The highest BCUT2D eigenvalue weighted by Crippen LogP contribution is 2.33. The van der Waals surface area contributed by atoms with Crippen molar-refractivity contribution in [3.63, 3.8) is 0 Å². The molecule has 0 N–H and O–H groups in total. The zero-order valence-electron chi connectivity index (χ0n) is 11.1. The molecule has 0 nitrogen and oxygen atoms in total. The van der Waals surface area contributed by atoms with E-state index in [4.69, 9.17) is 11.6 Å². The van der Waals surface area contributed by atoms with Crippen LogP contribution in [0.15, 0.2) is 18.2 Å². The lowest BCUT2D eigenvalue weighted by atomic mass is 9.78. The molecule has 0 bridgehead atoms. The first-order chi connectivity index (χ1) is 8.69. The standard InChI is InChI=1S/C16H22ClF/c1-2-12-3-5-13(6-4-12)7-8-14-9-10-15(17)16(18)11-14/h9-13H,2-8H2,1H3/t12-,13-. The van der Waals surface area contributed by atoms with Gasteiger partial charge in [-0.25, -0.2) is 4.39 Å². The molecule has 2 rings (SSSR count). The molecule has 0 aliphatic heterocycles. The Morgan fingerprint density at radius 3 is 2.44 bits per heavy atom. The average Bonchev–Trinajstić information content (AvgIpc) is 2.41. The van der Waals surface area contributed by atoms with E-state index < -0.39 is 0 Å². The van der Waals surface area contributed by atoms with E-state index in [0.29, 0.717) is 0 Å². The number of aryl methyl sites for hydroxylation is 1. The van der Waals surface area contributed by atoms with Gasteiger partial charge in [0, 0.05) is 0 Å². The fraction of sp³-hybridized carbons (Fsp3) is 0.625. The molecule has 1 aromatic carbocycles. The highest BCUT2D eigenvalue weighted by Gasteiger charge is 2.19. The van der Waals surface area contributed by atoms with Crippen molar-refractivity contribution in [2.45, 2.75) is 51.9 Å². The van der Waals surface area contributed by atoms with E-state index in [0.717, 1.165) is 23.8 Å². The van der Waals surface area contributed by atoms with Crippen LogP contribution in [0.5, 0.6) is 0 Å². The van der Waals surface area contributed by atoms with Crippen LogP contribution in [0.2, 0.25) is 5.02 Å². The highest BCUT2D eigenvalue weighted by molar-refractivity contribution is 6.30. The van der Waals surface area contributed by atoms with Crippen molar-refractivity contribution in [3.8, 4) is 0 Å². The summed E-state index contributed by atoms with van der Waals surface area (Å²) in [6, 6.07) is 5.20. The first-order valence-corrected chi connectivity index (χ1v) is 7.50. The molecule has 0 amide bonds. The molecule has 1 aromatic rings. The number of benzene rings is 1. The topological polar surface area (TPSA) is 0 Å². The number of hydrogen-bond donors (Lipinski definition) is 0. The largest absolute Gasteiger partial charge is 0.205 e. The fourth-order valence-electron chi connectivity index (χ4n) is 2.99. The van der Waals surface area contributed by atoms with Crippen molar-refractivity contribution >= 4 is 11.6 Å². The summed E-state index contributed by atoms with van der Waals surface area (Å²) in [5.74, 6) is 1.50. The van der Waals surface area contributed by atoms with Gasteiger partial charge in [0.1, 0.15) is 5.82 Å². The minimum Gasteiger partial charge on any atom is -0.205 e. The molecule has 18 heavy (non-hydrogen) atoms. The Kier molecular flexibility index (Phi) is 5.05. The number of halogens is 2. The summed E-state index contributed by atoms with van der Waals surface area (Å²) in [5.41, 5.74) is 1.08. The van der Waals surface area contributed by atoms with Crippen LogP contribution in [-0.4, -0.2) is 0 Å². The summed E-state index contributed by atoms with van der Waals surface area (Å²) in [5, 5.41) is 0.224. The van der Waals surface area contributed by atoms with Crippen LogP contribution < -0.4 is 0 Å². The first-order valence-electron chi connectivity index (χ1n) is 7.13. The molecule has 0 spiro atoms. The van der Waals surface area contributed by atoms with Gasteiger partial charge >= 0.3 is 0 Å². The van der Waals surface area contributed by atoms with Crippen molar-refractivity contribution in [1.82, 2.24) is 0 Å². The predicted octanol–water partition coefficient (Wildman–Crippen LogP) is 5.63. The van der Waals surface area contributed by atoms with E-state index in [9.17, 15) is 4.39 Å². The number of rotatable bonds is 4.